The van der Waals surface area contributed by atoms with E-state index in [0.717, 1.165) is 25.9 Å². The van der Waals surface area contributed by atoms with E-state index in [4.69, 9.17) is 4.74 Å². The fraction of sp³-hybridized carbons (Fsp3) is 0.526. The van der Waals surface area contributed by atoms with Crippen LogP contribution < -0.4 is 9.64 Å². The number of ketones is 1. The Morgan fingerprint density at radius 1 is 1.08 bits per heavy atom. The van der Waals surface area contributed by atoms with Crippen LogP contribution in [0.4, 0.5) is 5.69 Å². The molecule has 1 aromatic rings. The van der Waals surface area contributed by atoms with Crippen molar-refractivity contribution in [2.24, 2.45) is 0 Å². The quantitative estimate of drug-likeness (QED) is 0.787. The van der Waals surface area contributed by atoms with Crippen LogP contribution in [-0.4, -0.2) is 49.2 Å². The molecule has 2 amide bonds. The second-order valence-electron chi connectivity index (χ2n) is 6.64. The predicted octanol–water partition coefficient (Wildman–Crippen LogP) is 2.41. The Morgan fingerprint density at radius 2 is 1.80 bits per heavy atom. The lowest BCUT2D eigenvalue weighted by molar-refractivity contribution is -0.131. The van der Waals surface area contributed by atoms with Gasteiger partial charge in [0.1, 0.15) is 5.75 Å². The second-order valence-corrected chi connectivity index (χ2v) is 6.64. The first-order valence-electron chi connectivity index (χ1n) is 8.90. The number of amides is 2. The standard InChI is InChI=1S/C19H24N2O4/c1-20-15-12-14(6-8-17(15)25-13-19(20)24)16(22)7-9-18(23)21-10-4-2-3-5-11-21/h6,8,12H,2-5,7,9-11,13H2,1H3. The lowest BCUT2D eigenvalue weighted by atomic mass is 10.0. The minimum Gasteiger partial charge on any atom is -0.482 e. The Kier molecular flexibility index (Phi) is 5.36. The molecule has 6 nitrogen and oxygen atoms in total. The highest BCUT2D eigenvalue weighted by atomic mass is 16.5. The van der Waals surface area contributed by atoms with Gasteiger partial charge in [-0.2, -0.15) is 0 Å². The van der Waals surface area contributed by atoms with Crippen molar-refractivity contribution in [3.63, 3.8) is 0 Å². The van der Waals surface area contributed by atoms with Gasteiger partial charge >= 0.3 is 0 Å². The molecule has 0 N–H and O–H groups in total. The highest BCUT2D eigenvalue weighted by molar-refractivity contribution is 6.02. The highest BCUT2D eigenvalue weighted by Gasteiger charge is 2.24. The molecule has 0 unspecified atom stereocenters. The maximum atomic E-state index is 12.5. The molecule has 1 aromatic carbocycles. The molecule has 134 valence electrons. The Hall–Kier alpha value is -2.37. The molecule has 25 heavy (non-hydrogen) atoms. The molecule has 0 radical (unpaired) electrons. The topological polar surface area (TPSA) is 66.9 Å². The van der Waals surface area contributed by atoms with E-state index in [1.165, 1.54) is 17.7 Å². The van der Waals surface area contributed by atoms with E-state index in [1.54, 1.807) is 25.2 Å². The molecule has 2 heterocycles. The number of likely N-dealkylation sites (tertiary alicyclic amines) is 1. The van der Waals surface area contributed by atoms with E-state index in [2.05, 4.69) is 0 Å². The van der Waals surface area contributed by atoms with E-state index >= 15 is 0 Å². The van der Waals surface area contributed by atoms with Crippen molar-refractivity contribution in [2.45, 2.75) is 38.5 Å². The summed E-state index contributed by atoms with van der Waals surface area (Å²) in [6, 6.07) is 5.08. The first-order chi connectivity index (χ1) is 12.1. The largest absolute Gasteiger partial charge is 0.482 e. The summed E-state index contributed by atoms with van der Waals surface area (Å²) in [6.45, 7) is 1.62. The predicted molar refractivity (Wildman–Crippen MR) is 94.0 cm³/mol. The van der Waals surface area contributed by atoms with Crippen LogP contribution in [0, 0.1) is 0 Å². The molecule has 0 spiro atoms. The summed E-state index contributed by atoms with van der Waals surface area (Å²) >= 11 is 0. The average Bonchev–Trinajstić information content (AvgIpc) is 2.92. The summed E-state index contributed by atoms with van der Waals surface area (Å²) in [5, 5.41) is 0. The van der Waals surface area contributed by atoms with E-state index in [9.17, 15) is 14.4 Å². The van der Waals surface area contributed by atoms with Crippen molar-refractivity contribution >= 4 is 23.3 Å². The number of hydrogen-bond donors (Lipinski definition) is 0. The Labute approximate surface area is 147 Å². The summed E-state index contributed by atoms with van der Waals surface area (Å²) in [4.78, 5) is 39.9. The number of carbonyl (C=O) groups excluding carboxylic acids is 3. The first kappa shape index (κ1) is 17.5. The summed E-state index contributed by atoms with van der Waals surface area (Å²) in [7, 11) is 1.67. The number of anilines is 1. The normalized spacial score (nSPS) is 17.6. The van der Waals surface area contributed by atoms with Crippen molar-refractivity contribution < 1.29 is 19.1 Å². The molecule has 0 bridgehead atoms. The Bertz CT molecular complexity index is 678. The first-order valence-corrected chi connectivity index (χ1v) is 8.90. The van der Waals surface area contributed by atoms with Crippen LogP contribution in [0.5, 0.6) is 5.75 Å². The van der Waals surface area contributed by atoms with E-state index < -0.39 is 0 Å². The van der Waals surface area contributed by atoms with E-state index in [-0.39, 0.29) is 37.0 Å². The van der Waals surface area contributed by atoms with Gasteiger partial charge in [0.05, 0.1) is 5.69 Å². The third kappa shape index (κ3) is 4.00. The van der Waals surface area contributed by atoms with Gasteiger partial charge < -0.3 is 14.5 Å². The summed E-state index contributed by atoms with van der Waals surface area (Å²) in [5.41, 5.74) is 1.11. The van der Waals surface area contributed by atoms with Gasteiger partial charge in [0.25, 0.3) is 5.91 Å². The zero-order valence-electron chi connectivity index (χ0n) is 14.6. The molecule has 0 atom stereocenters. The van der Waals surface area contributed by atoms with E-state index in [1.807, 2.05) is 4.90 Å². The number of rotatable bonds is 4. The summed E-state index contributed by atoms with van der Waals surface area (Å²) in [5.74, 6) is 0.425. The molecular formula is C19H24N2O4. The monoisotopic (exact) mass is 344 g/mol. The molecule has 0 saturated carbocycles. The zero-order chi connectivity index (χ0) is 17.8. The fourth-order valence-electron chi connectivity index (χ4n) is 3.29. The number of hydrogen-bond acceptors (Lipinski definition) is 4. The van der Waals surface area contributed by atoms with Crippen LogP contribution in [0.3, 0.4) is 0 Å². The lowest BCUT2D eigenvalue weighted by Gasteiger charge is -2.26. The van der Waals surface area contributed by atoms with Gasteiger partial charge in [0, 0.05) is 38.5 Å². The van der Waals surface area contributed by atoms with Gasteiger partial charge in [-0.15, -0.1) is 0 Å². The molecule has 1 fully saturated rings. The van der Waals surface area contributed by atoms with Gasteiger partial charge in [0.2, 0.25) is 5.91 Å². The van der Waals surface area contributed by atoms with Crippen molar-refractivity contribution in [3.8, 4) is 5.75 Å². The number of Topliss-reactive ketones (excluding diaryl/α,β-unsaturated/α-hetero) is 1. The number of benzene rings is 1. The van der Waals surface area contributed by atoms with Crippen LogP contribution >= 0.6 is 0 Å². The van der Waals surface area contributed by atoms with Crippen molar-refractivity contribution in [2.75, 3.05) is 31.6 Å². The van der Waals surface area contributed by atoms with Crippen LogP contribution in [0.2, 0.25) is 0 Å². The summed E-state index contributed by atoms with van der Waals surface area (Å²) in [6.07, 6.45) is 4.86. The lowest BCUT2D eigenvalue weighted by Crippen LogP contribution is -2.35. The second kappa shape index (κ2) is 7.68. The van der Waals surface area contributed by atoms with Crippen molar-refractivity contribution in [1.29, 1.82) is 0 Å². The molecule has 3 rings (SSSR count). The third-order valence-electron chi connectivity index (χ3n) is 4.89. The summed E-state index contributed by atoms with van der Waals surface area (Å²) < 4.78 is 5.37. The Morgan fingerprint density at radius 3 is 2.52 bits per heavy atom. The smallest absolute Gasteiger partial charge is 0.264 e. The fourth-order valence-corrected chi connectivity index (χ4v) is 3.29. The zero-order valence-corrected chi connectivity index (χ0v) is 14.6. The maximum absolute atomic E-state index is 12.5. The SMILES string of the molecule is CN1C(=O)COc2ccc(C(=O)CCC(=O)N3CCCCCC3)cc21. The molecular weight excluding hydrogens is 320 g/mol. The number of likely N-dealkylation sites (N-methyl/N-ethyl adjacent to an activating group) is 1. The van der Waals surface area contributed by atoms with Crippen LogP contribution in [0.15, 0.2) is 18.2 Å². The van der Waals surface area contributed by atoms with Crippen molar-refractivity contribution in [3.05, 3.63) is 23.8 Å². The van der Waals surface area contributed by atoms with Gasteiger partial charge in [-0.3, -0.25) is 14.4 Å². The van der Waals surface area contributed by atoms with Gasteiger partial charge in [0.15, 0.2) is 12.4 Å². The highest BCUT2D eigenvalue weighted by Crippen LogP contribution is 2.32. The number of nitrogens with zero attached hydrogens (tertiary/aromatic N) is 2. The van der Waals surface area contributed by atoms with E-state index in [0.29, 0.717) is 17.0 Å². The van der Waals surface area contributed by atoms with Gasteiger partial charge in [-0.1, -0.05) is 12.8 Å². The minimum atomic E-state index is -0.145. The van der Waals surface area contributed by atoms with Crippen LogP contribution in [-0.2, 0) is 9.59 Å². The average molecular weight is 344 g/mol. The third-order valence-corrected chi connectivity index (χ3v) is 4.89. The molecule has 6 heteroatoms. The molecule has 2 aliphatic heterocycles. The molecule has 0 aliphatic carbocycles. The van der Waals surface area contributed by atoms with Crippen molar-refractivity contribution in [1.82, 2.24) is 4.90 Å². The number of carbonyl (C=O) groups is 3. The maximum Gasteiger partial charge on any atom is 0.264 e. The van der Waals surface area contributed by atoms with Gasteiger partial charge in [-0.05, 0) is 31.0 Å². The Balaban J connectivity index is 1.61. The molecule has 1 saturated heterocycles. The number of fused-ring (bicyclic) bond motifs is 1. The number of ether oxygens (including phenoxy) is 1. The minimum absolute atomic E-state index is 0.0150. The van der Waals surface area contributed by atoms with Gasteiger partial charge in [-0.25, -0.2) is 0 Å². The molecule has 2 aliphatic rings. The molecule has 0 aromatic heterocycles. The van der Waals surface area contributed by atoms with Crippen LogP contribution in [0.25, 0.3) is 0 Å². The van der Waals surface area contributed by atoms with Crippen LogP contribution in [0.1, 0.15) is 48.9 Å².